The van der Waals surface area contributed by atoms with E-state index in [1.807, 2.05) is 23.7 Å². The van der Waals surface area contributed by atoms with Gasteiger partial charge in [-0.1, -0.05) is 6.92 Å². The maximum atomic E-state index is 5.91. The van der Waals surface area contributed by atoms with Crippen molar-refractivity contribution in [2.24, 2.45) is 13.0 Å². The zero-order chi connectivity index (χ0) is 15.8. The first-order chi connectivity index (χ1) is 11.2. The van der Waals surface area contributed by atoms with E-state index in [1.165, 1.54) is 6.42 Å². The second-order valence-electron chi connectivity index (χ2n) is 6.20. The Bertz CT molecular complexity index is 822. The normalized spacial score (nSPS) is 19.7. The van der Waals surface area contributed by atoms with E-state index in [0.717, 1.165) is 34.5 Å². The van der Waals surface area contributed by atoms with Crippen LogP contribution in [0, 0.1) is 5.92 Å². The van der Waals surface area contributed by atoms with Crippen molar-refractivity contribution in [2.75, 3.05) is 5.32 Å². The second-order valence-corrected chi connectivity index (χ2v) is 6.20. The molecule has 118 valence electrons. The molecule has 6 nitrogen and oxygen atoms in total. The molecule has 6 heteroatoms. The van der Waals surface area contributed by atoms with Crippen LogP contribution >= 0.6 is 0 Å². The lowest BCUT2D eigenvalue weighted by atomic mass is 10.2. The monoisotopic (exact) mass is 309 g/mol. The van der Waals surface area contributed by atoms with Crippen LogP contribution in [-0.4, -0.2) is 19.7 Å². The Kier molecular flexibility index (Phi) is 3.37. The minimum absolute atomic E-state index is 0.615. The average Bonchev–Trinajstić information content (AvgIpc) is 2.96. The molecule has 1 aliphatic rings. The molecule has 2 unspecified atom stereocenters. The van der Waals surface area contributed by atoms with E-state index < -0.39 is 0 Å². The Morgan fingerprint density at radius 3 is 2.96 bits per heavy atom. The van der Waals surface area contributed by atoms with Crippen molar-refractivity contribution in [3.05, 3.63) is 48.4 Å². The zero-order valence-corrected chi connectivity index (χ0v) is 13.2. The van der Waals surface area contributed by atoms with Gasteiger partial charge in [-0.15, -0.1) is 10.2 Å². The van der Waals surface area contributed by atoms with Gasteiger partial charge in [-0.2, -0.15) is 0 Å². The molecule has 0 saturated heterocycles. The van der Waals surface area contributed by atoms with Gasteiger partial charge >= 0.3 is 0 Å². The van der Waals surface area contributed by atoms with Crippen LogP contribution in [0.25, 0.3) is 11.4 Å². The van der Waals surface area contributed by atoms with Gasteiger partial charge in [-0.05, 0) is 30.5 Å². The van der Waals surface area contributed by atoms with Crippen LogP contribution in [0.15, 0.2) is 41.3 Å². The summed E-state index contributed by atoms with van der Waals surface area (Å²) >= 11 is 0. The van der Waals surface area contributed by atoms with Gasteiger partial charge in [0.05, 0.1) is 12.2 Å². The van der Waals surface area contributed by atoms with Gasteiger partial charge in [0.25, 0.3) is 0 Å². The molecule has 1 saturated carbocycles. The number of hydrogen-bond acceptors (Lipinski definition) is 5. The van der Waals surface area contributed by atoms with E-state index in [0.29, 0.717) is 12.5 Å². The summed E-state index contributed by atoms with van der Waals surface area (Å²) in [6, 6.07) is 6.16. The topological polar surface area (TPSA) is 68.8 Å². The van der Waals surface area contributed by atoms with Crippen molar-refractivity contribution in [2.45, 2.75) is 25.8 Å². The molecule has 3 aromatic heterocycles. The number of hydrogen-bond donors (Lipinski definition) is 1. The molecule has 1 N–H and O–H groups in total. The van der Waals surface area contributed by atoms with Crippen LogP contribution in [-0.2, 0) is 13.6 Å². The van der Waals surface area contributed by atoms with Crippen molar-refractivity contribution in [3.8, 4) is 11.4 Å². The summed E-state index contributed by atoms with van der Waals surface area (Å²) in [6.07, 6.45) is 6.50. The molecule has 4 rings (SSSR count). The van der Waals surface area contributed by atoms with Crippen molar-refractivity contribution in [3.63, 3.8) is 0 Å². The third-order valence-corrected chi connectivity index (χ3v) is 4.33. The van der Waals surface area contributed by atoms with Crippen LogP contribution < -0.4 is 5.32 Å². The van der Waals surface area contributed by atoms with Gasteiger partial charge in [0.1, 0.15) is 17.8 Å². The number of nitrogens with one attached hydrogen (secondary N) is 1. The van der Waals surface area contributed by atoms with Crippen LogP contribution in [0.5, 0.6) is 0 Å². The quantitative estimate of drug-likeness (QED) is 0.784. The molecule has 0 aromatic carbocycles. The average molecular weight is 309 g/mol. The summed E-state index contributed by atoms with van der Waals surface area (Å²) in [5.74, 6) is 4.23. The SMILES string of the molecule is CC1CC1c1ccc(CNc2cncc(-c3nncn3C)c2)o1. The fraction of sp³-hybridized carbons (Fsp3) is 0.353. The molecule has 0 amide bonds. The predicted molar refractivity (Wildman–Crippen MR) is 86.8 cm³/mol. The summed E-state index contributed by atoms with van der Waals surface area (Å²) in [7, 11) is 1.92. The Balaban J connectivity index is 1.45. The summed E-state index contributed by atoms with van der Waals surface area (Å²) in [6.45, 7) is 2.90. The highest BCUT2D eigenvalue weighted by molar-refractivity contribution is 5.60. The van der Waals surface area contributed by atoms with Crippen molar-refractivity contribution >= 4 is 5.69 Å². The van der Waals surface area contributed by atoms with E-state index in [-0.39, 0.29) is 0 Å². The minimum atomic E-state index is 0.615. The molecule has 3 heterocycles. The van der Waals surface area contributed by atoms with Crippen molar-refractivity contribution in [1.29, 1.82) is 0 Å². The Morgan fingerprint density at radius 2 is 2.22 bits per heavy atom. The fourth-order valence-electron chi connectivity index (χ4n) is 2.80. The van der Waals surface area contributed by atoms with E-state index in [1.54, 1.807) is 18.7 Å². The fourth-order valence-corrected chi connectivity index (χ4v) is 2.80. The van der Waals surface area contributed by atoms with E-state index in [4.69, 9.17) is 4.42 Å². The first-order valence-corrected chi connectivity index (χ1v) is 7.82. The summed E-state index contributed by atoms with van der Waals surface area (Å²) in [5, 5.41) is 11.4. The number of furan rings is 1. The lowest BCUT2D eigenvalue weighted by Gasteiger charge is -2.06. The Labute approximate surface area is 134 Å². The maximum Gasteiger partial charge on any atom is 0.165 e. The van der Waals surface area contributed by atoms with E-state index in [9.17, 15) is 0 Å². The number of aryl methyl sites for hydroxylation is 1. The summed E-state index contributed by atoms with van der Waals surface area (Å²) < 4.78 is 7.78. The van der Waals surface area contributed by atoms with Gasteiger partial charge in [0.15, 0.2) is 5.82 Å². The first kappa shape index (κ1) is 14.0. The molecule has 2 atom stereocenters. The first-order valence-electron chi connectivity index (χ1n) is 7.82. The molecule has 0 spiro atoms. The molecule has 0 radical (unpaired) electrons. The molecular weight excluding hydrogens is 290 g/mol. The highest BCUT2D eigenvalue weighted by Gasteiger charge is 2.36. The molecule has 0 bridgehead atoms. The van der Waals surface area contributed by atoms with Crippen LogP contribution in [0.2, 0.25) is 0 Å². The molecular formula is C17H19N5O. The number of pyridine rings is 1. The van der Waals surface area contributed by atoms with Crippen molar-refractivity contribution in [1.82, 2.24) is 19.7 Å². The molecule has 0 aliphatic heterocycles. The molecule has 1 fully saturated rings. The maximum absolute atomic E-state index is 5.91. The molecule has 3 aromatic rings. The van der Waals surface area contributed by atoms with Gasteiger partial charge in [-0.3, -0.25) is 4.98 Å². The van der Waals surface area contributed by atoms with Gasteiger partial charge in [0.2, 0.25) is 0 Å². The van der Waals surface area contributed by atoms with E-state index >= 15 is 0 Å². The molecule has 1 aliphatic carbocycles. The Hall–Kier alpha value is -2.63. The zero-order valence-electron chi connectivity index (χ0n) is 13.2. The second kappa shape index (κ2) is 5.53. The molecule has 23 heavy (non-hydrogen) atoms. The highest BCUT2D eigenvalue weighted by Crippen LogP contribution is 2.47. The standard InChI is InChI=1S/C17H19N5O/c1-11-5-15(11)16-4-3-14(23-16)9-19-13-6-12(7-18-8-13)17-21-20-10-22(17)2/h3-4,6-8,10-11,15,19H,5,9H2,1-2H3. The number of rotatable bonds is 5. The smallest absolute Gasteiger partial charge is 0.165 e. The summed E-state index contributed by atoms with van der Waals surface area (Å²) in [4.78, 5) is 4.27. The third-order valence-electron chi connectivity index (χ3n) is 4.33. The lowest BCUT2D eigenvalue weighted by molar-refractivity contribution is 0.468. The summed E-state index contributed by atoms with van der Waals surface area (Å²) in [5.41, 5.74) is 1.87. The lowest BCUT2D eigenvalue weighted by Crippen LogP contribution is -2.00. The minimum Gasteiger partial charge on any atom is -0.464 e. The van der Waals surface area contributed by atoms with Crippen LogP contribution in [0.3, 0.4) is 0 Å². The van der Waals surface area contributed by atoms with Gasteiger partial charge in [0, 0.05) is 30.9 Å². The van der Waals surface area contributed by atoms with Crippen LogP contribution in [0.1, 0.15) is 30.8 Å². The van der Waals surface area contributed by atoms with Crippen molar-refractivity contribution < 1.29 is 4.42 Å². The van der Waals surface area contributed by atoms with Gasteiger partial charge in [-0.25, -0.2) is 0 Å². The number of nitrogens with zero attached hydrogens (tertiary/aromatic N) is 4. The highest BCUT2D eigenvalue weighted by atomic mass is 16.3. The predicted octanol–water partition coefficient (Wildman–Crippen LogP) is 3.21. The number of anilines is 1. The van der Waals surface area contributed by atoms with Crippen LogP contribution in [0.4, 0.5) is 5.69 Å². The third kappa shape index (κ3) is 2.84. The largest absolute Gasteiger partial charge is 0.464 e. The number of aromatic nitrogens is 4. The Morgan fingerprint density at radius 1 is 1.35 bits per heavy atom. The van der Waals surface area contributed by atoms with E-state index in [2.05, 4.69) is 33.5 Å². The van der Waals surface area contributed by atoms with Gasteiger partial charge < -0.3 is 14.3 Å².